The van der Waals surface area contributed by atoms with E-state index < -0.39 is 0 Å². The highest BCUT2D eigenvalue weighted by molar-refractivity contribution is 6.30. The van der Waals surface area contributed by atoms with Gasteiger partial charge in [0, 0.05) is 10.9 Å². The van der Waals surface area contributed by atoms with Crippen molar-refractivity contribution in [3.63, 3.8) is 0 Å². The van der Waals surface area contributed by atoms with Crippen LogP contribution < -0.4 is 0 Å². The maximum absolute atomic E-state index is 5.97. The molecule has 0 aliphatic carbocycles. The van der Waals surface area contributed by atoms with Crippen LogP contribution in [0.25, 0.3) is 0 Å². The van der Waals surface area contributed by atoms with Gasteiger partial charge in [0.25, 0.3) is 0 Å². The lowest BCUT2D eigenvalue weighted by molar-refractivity contribution is 0.134. The Balaban J connectivity index is 1.96. The Morgan fingerprint density at radius 1 is 0.895 bits per heavy atom. The number of hydrogen-bond acceptors (Lipinski definition) is 1. The Bertz CT molecular complexity index is 586. The van der Waals surface area contributed by atoms with Gasteiger partial charge in [-0.05, 0) is 36.3 Å². The Morgan fingerprint density at radius 2 is 1.58 bits per heavy atom. The van der Waals surface area contributed by atoms with Gasteiger partial charge in [0.15, 0.2) is 0 Å². The maximum atomic E-state index is 5.97. The predicted octanol–water partition coefficient (Wildman–Crippen LogP) is 5.10. The van der Waals surface area contributed by atoms with Gasteiger partial charge in [-0.3, -0.25) is 0 Å². The Morgan fingerprint density at radius 3 is 2.26 bits per heavy atom. The van der Waals surface area contributed by atoms with Crippen LogP contribution in [-0.4, -0.2) is 0 Å². The van der Waals surface area contributed by atoms with E-state index in [-0.39, 0.29) is 12.0 Å². The van der Waals surface area contributed by atoms with Crippen LogP contribution in [0.15, 0.2) is 66.4 Å². The molecule has 2 atom stereocenters. The van der Waals surface area contributed by atoms with E-state index in [0.717, 1.165) is 10.8 Å². The van der Waals surface area contributed by atoms with Crippen LogP contribution in [0.3, 0.4) is 0 Å². The first-order chi connectivity index (χ1) is 9.24. The minimum atomic E-state index is 0.0578. The van der Waals surface area contributed by atoms with Gasteiger partial charge in [0.1, 0.15) is 6.10 Å². The van der Waals surface area contributed by atoms with Crippen molar-refractivity contribution >= 4 is 11.6 Å². The van der Waals surface area contributed by atoms with E-state index >= 15 is 0 Å². The molecule has 0 N–H and O–H groups in total. The van der Waals surface area contributed by atoms with Crippen molar-refractivity contribution in [1.29, 1.82) is 0 Å². The van der Waals surface area contributed by atoms with E-state index in [1.54, 1.807) is 0 Å². The maximum Gasteiger partial charge on any atom is 0.134 e. The summed E-state index contributed by atoms with van der Waals surface area (Å²) in [6.45, 7) is 2.01. The lowest BCUT2D eigenvalue weighted by Gasteiger charge is -2.20. The second kappa shape index (κ2) is 5.10. The largest absolute Gasteiger partial charge is 0.490 e. The van der Waals surface area contributed by atoms with Crippen LogP contribution in [0.1, 0.15) is 30.1 Å². The summed E-state index contributed by atoms with van der Waals surface area (Å²) in [5.74, 6) is 1.23. The number of halogens is 1. The molecule has 0 radical (unpaired) electrons. The molecule has 1 aliphatic heterocycles. The zero-order valence-corrected chi connectivity index (χ0v) is 11.5. The van der Waals surface area contributed by atoms with Crippen molar-refractivity contribution in [2.45, 2.75) is 18.9 Å². The monoisotopic (exact) mass is 270 g/mol. The minimum absolute atomic E-state index is 0.0578. The quantitative estimate of drug-likeness (QED) is 0.738. The summed E-state index contributed by atoms with van der Waals surface area (Å²) in [7, 11) is 0. The third kappa shape index (κ3) is 2.52. The summed E-state index contributed by atoms with van der Waals surface area (Å²) >= 11 is 5.95. The molecule has 0 saturated carbocycles. The predicted molar refractivity (Wildman–Crippen MR) is 78.2 cm³/mol. The second-order valence-corrected chi connectivity index (χ2v) is 5.24. The van der Waals surface area contributed by atoms with Crippen molar-refractivity contribution < 1.29 is 4.74 Å². The zero-order valence-electron chi connectivity index (χ0n) is 10.7. The van der Waals surface area contributed by atoms with E-state index in [0.29, 0.717) is 0 Å². The van der Waals surface area contributed by atoms with Crippen LogP contribution in [0, 0.1) is 0 Å². The molecule has 2 aromatic rings. The van der Waals surface area contributed by atoms with Crippen molar-refractivity contribution in [1.82, 2.24) is 0 Å². The van der Waals surface area contributed by atoms with Gasteiger partial charge in [-0.15, -0.1) is 0 Å². The van der Waals surface area contributed by atoms with E-state index in [9.17, 15) is 0 Å². The Labute approximate surface area is 118 Å². The van der Waals surface area contributed by atoms with Crippen LogP contribution in [0.2, 0.25) is 5.02 Å². The average molecular weight is 271 g/mol. The number of hydrogen-bond donors (Lipinski definition) is 0. The molecule has 0 bridgehead atoms. The summed E-state index contributed by atoms with van der Waals surface area (Å²) < 4.78 is 5.97. The molecule has 0 amide bonds. The van der Waals surface area contributed by atoms with Gasteiger partial charge in [-0.2, -0.15) is 0 Å². The normalized spacial score (nSPS) is 21.9. The molecule has 0 spiro atoms. The molecule has 1 heterocycles. The molecular weight excluding hydrogens is 256 g/mol. The number of benzene rings is 2. The minimum Gasteiger partial charge on any atom is -0.490 e. The molecule has 3 rings (SSSR count). The van der Waals surface area contributed by atoms with Crippen LogP contribution in [-0.2, 0) is 4.74 Å². The molecule has 2 aromatic carbocycles. The second-order valence-electron chi connectivity index (χ2n) is 4.80. The first kappa shape index (κ1) is 12.3. The average Bonchev–Trinajstić information content (AvgIpc) is 2.83. The third-order valence-corrected chi connectivity index (χ3v) is 3.69. The third-order valence-electron chi connectivity index (χ3n) is 3.44. The van der Waals surface area contributed by atoms with E-state index in [1.807, 2.05) is 37.3 Å². The van der Waals surface area contributed by atoms with Gasteiger partial charge in [-0.25, -0.2) is 0 Å². The molecular formula is C17H15ClO. The first-order valence-electron chi connectivity index (χ1n) is 6.39. The molecule has 2 heteroatoms. The fourth-order valence-corrected chi connectivity index (χ4v) is 2.65. The van der Waals surface area contributed by atoms with Crippen LogP contribution >= 0.6 is 11.6 Å². The fourth-order valence-electron chi connectivity index (χ4n) is 2.53. The van der Waals surface area contributed by atoms with Gasteiger partial charge in [-0.1, -0.05) is 54.1 Å². The summed E-state index contributed by atoms with van der Waals surface area (Å²) in [6.07, 6.45) is 2.24. The molecule has 0 saturated heterocycles. The van der Waals surface area contributed by atoms with Gasteiger partial charge in [0.05, 0.1) is 5.76 Å². The standard InChI is InChI=1S/C17H15ClO/c1-12-11-16(13-7-9-15(18)10-8-13)17(19-12)14-5-3-2-4-6-14/h2-11,16-17H,1H3/t16-,17+/m0/s1. The van der Waals surface area contributed by atoms with Crippen molar-refractivity contribution in [2.24, 2.45) is 0 Å². The molecule has 0 aromatic heterocycles. The summed E-state index contributed by atoms with van der Waals surface area (Å²) in [4.78, 5) is 0. The van der Waals surface area contributed by atoms with Crippen molar-refractivity contribution in [2.75, 3.05) is 0 Å². The molecule has 19 heavy (non-hydrogen) atoms. The fraction of sp³-hybridized carbons (Fsp3) is 0.176. The lowest BCUT2D eigenvalue weighted by Crippen LogP contribution is -2.06. The molecule has 1 aliphatic rings. The van der Waals surface area contributed by atoms with Crippen molar-refractivity contribution in [3.05, 3.63) is 82.6 Å². The highest BCUT2D eigenvalue weighted by atomic mass is 35.5. The molecule has 1 nitrogen and oxygen atoms in total. The number of ether oxygens (including phenoxy) is 1. The highest BCUT2D eigenvalue weighted by Gasteiger charge is 2.30. The van der Waals surface area contributed by atoms with Crippen molar-refractivity contribution in [3.8, 4) is 0 Å². The topological polar surface area (TPSA) is 9.23 Å². The highest BCUT2D eigenvalue weighted by Crippen LogP contribution is 2.42. The smallest absolute Gasteiger partial charge is 0.134 e. The number of allylic oxidation sites excluding steroid dienone is 1. The molecule has 0 fully saturated rings. The van der Waals surface area contributed by atoms with Crippen LogP contribution in [0.5, 0.6) is 0 Å². The SMILES string of the molecule is CC1=C[C@@H](c2ccc(Cl)cc2)[C@@H](c2ccccc2)O1. The summed E-state index contributed by atoms with van der Waals surface area (Å²) in [6, 6.07) is 18.3. The first-order valence-corrected chi connectivity index (χ1v) is 6.77. The Hall–Kier alpha value is -1.73. The van der Waals surface area contributed by atoms with Gasteiger partial charge >= 0.3 is 0 Å². The van der Waals surface area contributed by atoms with Gasteiger partial charge in [0.2, 0.25) is 0 Å². The zero-order chi connectivity index (χ0) is 13.2. The molecule has 0 unspecified atom stereocenters. The van der Waals surface area contributed by atoms with Crippen LogP contribution in [0.4, 0.5) is 0 Å². The number of rotatable bonds is 2. The summed E-state index contributed by atoms with van der Waals surface area (Å²) in [5.41, 5.74) is 2.44. The molecule has 96 valence electrons. The lowest BCUT2D eigenvalue weighted by atomic mass is 9.90. The van der Waals surface area contributed by atoms with E-state index in [2.05, 4.69) is 30.3 Å². The van der Waals surface area contributed by atoms with Gasteiger partial charge < -0.3 is 4.74 Å². The Kier molecular flexibility index (Phi) is 3.31. The van der Waals surface area contributed by atoms with E-state index in [4.69, 9.17) is 16.3 Å². The summed E-state index contributed by atoms with van der Waals surface area (Å²) in [5, 5.41) is 0.764. The van der Waals surface area contributed by atoms with E-state index in [1.165, 1.54) is 11.1 Å².